The third kappa shape index (κ3) is 2.59. The van der Waals surface area contributed by atoms with Crippen LogP contribution in [0.5, 0.6) is 0 Å². The number of carboxylic acids is 1. The molecule has 0 atom stereocenters. The standard InChI is InChI=1S/C12H11N3O4/c1-8-5-6-14(13-8)7-9-3-2-4-10(15(18)19)11(9)12(16)17/h2-6H,7H2,1H3,(H,16,17). The van der Waals surface area contributed by atoms with Gasteiger partial charge < -0.3 is 5.11 Å². The molecule has 1 aromatic carbocycles. The number of hydrogen-bond acceptors (Lipinski definition) is 4. The Hall–Kier alpha value is -2.70. The molecule has 0 saturated carbocycles. The highest BCUT2D eigenvalue weighted by atomic mass is 16.6. The zero-order valence-corrected chi connectivity index (χ0v) is 10.1. The van der Waals surface area contributed by atoms with Crippen molar-refractivity contribution in [3.8, 4) is 0 Å². The average Bonchev–Trinajstić information content (AvgIpc) is 2.74. The quantitative estimate of drug-likeness (QED) is 0.668. The molecule has 98 valence electrons. The van der Waals surface area contributed by atoms with E-state index >= 15 is 0 Å². The van der Waals surface area contributed by atoms with Gasteiger partial charge in [0.15, 0.2) is 0 Å². The van der Waals surface area contributed by atoms with E-state index in [2.05, 4.69) is 5.10 Å². The Balaban J connectivity index is 2.47. The van der Waals surface area contributed by atoms with Crippen molar-refractivity contribution in [2.45, 2.75) is 13.5 Å². The van der Waals surface area contributed by atoms with Crippen molar-refractivity contribution >= 4 is 11.7 Å². The first-order chi connectivity index (χ1) is 8.99. The number of aromatic nitrogens is 2. The molecule has 2 rings (SSSR count). The monoisotopic (exact) mass is 261 g/mol. The molecule has 0 fully saturated rings. The van der Waals surface area contributed by atoms with Crippen molar-refractivity contribution < 1.29 is 14.8 Å². The van der Waals surface area contributed by atoms with E-state index in [0.717, 1.165) is 5.69 Å². The van der Waals surface area contributed by atoms with Crippen LogP contribution in [0.3, 0.4) is 0 Å². The maximum atomic E-state index is 11.2. The number of carbonyl (C=O) groups is 1. The Morgan fingerprint density at radius 2 is 2.21 bits per heavy atom. The predicted octanol–water partition coefficient (Wildman–Crippen LogP) is 1.85. The van der Waals surface area contributed by atoms with Crippen LogP contribution in [0.1, 0.15) is 21.6 Å². The molecule has 0 unspecified atom stereocenters. The van der Waals surface area contributed by atoms with Crippen molar-refractivity contribution in [1.82, 2.24) is 9.78 Å². The Morgan fingerprint density at radius 3 is 2.74 bits per heavy atom. The van der Waals surface area contributed by atoms with Gasteiger partial charge in [-0.2, -0.15) is 5.10 Å². The van der Waals surface area contributed by atoms with Crippen molar-refractivity contribution in [3.63, 3.8) is 0 Å². The van der Waals surface area contributed by atoms with Crippen LogP contribution in [0, 0.1) is 17.0 Å². The zero-order valence-electron chi connectivity index (χ0n) is 10.1. The van der Waals surface area contributed by atoms with Crippen LogP contribution in [0.2, 0.25) is 0 Å². The van der Waals surface area contributed by atoms with Gasteiger partial charge in [-0.15, -0.1) is 0 Å². The lowest BCUT2D eigenvalue weighted by Gasteiger charge is -2.06. The molecule has 1 heterocycles. The lowest BCUT2D eigenvalue weighted by Crippen LogP contribution is -2.10. The van der Waals surface area contributed by atoms with Crippen LogP contribution < -0.4 is 0 Å². The molecule has 0 radical (unpaired) electrons. The average molecular weight is 261 g/mol. The van der Waals surface area contributed by atoms with Crippen molar-refractivity contribution in [2.75, 3.05) is 0 Å². The van der Waals surface area contributed by atoms with Gasteiger partial charge >= 0.3 is 5.97 Å². The number of benzene rings is 1. The summed E-state index contributed by atoms with van der Waals surface area (Å²) >= 11 is 0. The molecule has 2 aromatic rings. The second-order valence-corrected chi connectivity index (χ2v) is 4.03. The van der Waals surface area contributed by atoms with E-state index in [4.69, 9.17) is 5.11 Å². The summed E-state index contributed by atoms with van der Waals surface area (Å²) in [5.41, 5.74) is 0.446. The first kappa shape index (κ1) is 12.7. The molecule has 0 amide bonds. The number of carboxylic acid groups (broad SMARTS) is 1. The number of hydrogen-bond donors (Lipinski definition) is 1. The highest BCUT2D eigenvalue weighted by molar-refractivity contribution is 5.94. The Labute approximate surface area is 108 Å². The van der Waals surface area contributed by atoms with Gasteiger partial charge in [0.25, 0.3) is 5.69 Å². The smallest absolute Gasteiger partial charge is 0.343 e. The summed E-state index contributed by atoms with van der Waals surface area (Å²) in [6.45, 7) is 1.99. The third-order valence-corrected chi connectivity index (χ3v) is 2.65. The molecule has 0 saturated heterocycles. The van der Waals surface area contributed by atoms with Crippen LogP contribution in [0.15, 0.2) is 30.5 Å². The molecule has 1 N–H and O–H groups in total. The molecule has 0 bridgehead atoms. The number of rotatable bonds is 4. The molecule has 1 aromatic heterocycles. The molecule has 19 heavy (non-hydrogen) atoms. The van der Waals surface area contributed by atoms with E-state index < -0.39 is 16.6 Å². The molecular weight excluding hydrogens is 250 g/mol. The second-order valence-electron chi connectivity index (χ2n) is 4.03. The highest BCUT2D eigenvalue weighted by Gasteiger charge is 2.23. The number of nitrogens with zero attached hydrogens (tertiary/aromatic N) is 3. The van der Waals surface area contributed by atoms with Crippen LogP contribution in [-0.2, 0) is 6.54 Å². The van der Waals surface area contributed by atoms with Crippen molar-refractivity contribution in [1.29, 1.82) is 0 Å². The summed E-state index contributed by atoms with van der Waals surface area (Å²) in [6.07, 6.45) is 1.69. The summed E-state index contributed by atoms with van der Waals surface area (Å²) in [4.78, 5) is 21.4. The number of aryl methyl sites for hydroxylation is 1. The minimum absolute atomic E-state index is 0.178. The van der Waals surface area contributed by atoms with E-state index in [9.17, 15) is 14.9 Å². The first-order valence-electron chi connectivity index (χ1n) is 5.48. The molecule has 0 aliphatic carbocycles. The molecule has 0 aliphatic rings. The third-order valence-electron chi connectivity index (χ3n) is 2.65. The molecular formula is C12H11N3O4. The predicted molar refractivity (Wildman–Crippen MR) is 66.1 cm³/mol. The fourth-order valence-electron chi connectivity index (χ4n) is 1.84. The first-order valence-corrected chi connectivity index (χ1v) is 5.48. The number of aromatic carboxylic acids is 1. The van der Waals surface area contributed by atoms with E-state index in [1.54, 1.807) is 23.0 Å². The fraction of sp³-hybridized carbons (Fsp3) is 0.167. The molecule has 0 aliphatic heterocycles. The highest BCUT2D eigenvalue weighted by Crippen LogP contribution is 2.23. The van der Waals surface area contributed by atoms with E-state index in [1.165, 1.54) is 12.1 Å². The largest absolute Gasteiger partial charge is 0.477 e. The topological polar surface area (TPSA) is 98.3 Å². The van der Waals surface area contributed by atoms with Crippen LogP contribution in [-0.4, -0.2) is 25.8 Å². The maximum absolute atomic E-state index is 11.2. The van der Waals surface area contributed by atoms with Crippen LogP contribution >= 0.6 is 0 Å². The summed E-state index contributed by atoms with van der Waals surface area (Å²) in [6, 6.07) is 5.98. The molecule has 0 spiro atoms. The van der Waals surface area contributed by atoms with Crippen molar-refractivity contribution in [3.05, 3.63) is 57.4 Å². The Morgan fingerprint density at radius 1 is 1.47 bits per heavy atom. The van der Waals surface area contributed by atoms with Crippen LogP contribution in [0.4, 0.5) is 5.69 Å². The lowest BCUT2D eigenvalue weighted by molar-refractivity contribution is -0.385. The zero-order chi connectivity index (χ0) is 14.0. The minimum Gasteiger partial charge on any atom is -0.477 e. The Bertz CT molecular complexity index is 648. The lowest BCUT2D eigenvalue weighted by atomic mass is 10.1. The van der Waals surface area contributed by atoms with Gasteiger partial charge in [-0.25, -0.2) is 4.79 Å². The number of nitro benzene ring substituents is 1. The number of nitro groups is 1. The van der Waals surface area contributed by atoms with Gasteiger partial charge in [-0.3, -0.25) is 14.8 Å². The van der Waals surface area contributed by atoms with Crippen LogP contribution in [0.25, 0.3) is 0 Å². The maximum Gasteiger partial charge on any atom is 0.343 e. The van der Waals surface area contributed by atoms with Gasteiger partial charge in [-0.1, -0.05) is 12.1 Å². The van der Waals surface area contributed by atoms with Gasteiger partial charge in [0.1, 0.15) is 5.56 Å². The normalized spacial score (nSPS) is 10.4. The van der Waals surface area contributed by atoms with Gasteiger partial charge in [0, 0.05) is 12.3 Å². The SMILES string of the molecule is Cc1ccn(Cc2cccc([N+](=O)[O-])c2C(=O)O)n1. The van der Waals surface area contributed by atoms with Gasteiger partial charge in [-0.05, 0) is 18.6 Å². The van der Waals surface area contributed by atoms with E-state index in [1.807, 2.05) is 6.92 Å². The van der Waals surface area contributed by atoms with Gasteiger partial charge in [0.2, 0.25) is 0 Å². The van der Waals surface area contributed by atoms with E-state index in [-0.39, 0.29) is 12.1 Å². The summed E-state index contributed by atoms with van der Waals surface area (Å²) in [5.74, 6) is -1.31. The summed E-state index contributed by atoms with van der Waals surface area (Å²) < 4.78 is 1.54. The second kappa shape index (κ2) is 4.89. The van der Waals surface area contributed by atoms with Gasteiger partial charge in [0.05, 0.1) is 17.2 Å². The fourth-order valence-corrected chi connectivity index (χ4v) is 1.84. The van der Waals surface area contributed by atoms with Crippen molar-refractivity contribution in [2.24, 2.45) is 0 Å². The molecule has 7 heteroatoms. The van der Waals surface area contributed by atoms with E-state index in [0.29, 0.717) is 5.56 Å². The molecule has 7 nitrogen and oxygen atoms in total. The summed E-state index contributed by atoms with van der Waals surface area (Å²) in [5, 5.41) is 24.1. The minimum atomic E-state index is -1.31. The Kier molecular flexibility index (Phi) is 3.28. The summed E-state index contributed by atoms with van der Waals surface area (Å²) in [7, 11) is 0.